The van der Waals surface area contributed by atoms with Crippen molar-refractivity contribution in [1.29, 1.82) is 0 Å². The molecule has 0 saturated carbocycles. The molecule has 19 heteroatoms. The smallest absolute Gasteiger partial charge is 0.437 e. The van der Waals surface area contributed by atoms with Gasteiger partial charge in [-0.15, -0.1) is 4.99 Å². The lowest BCUT2D eigenvalue weighted by atomic mass is 10.1. The Bertz CT molecular complexity index is 1930. The van der Waals surface area contributed by atoms with Crippen molar-refractivity contribution in [3.05, 3.63) is 29.8 Å². The van der Waals surface area contributed by atoms with Gasteiger partial charge in [-0.3, -0.25) is 25.5 Å². The highest BCUT2D eigenvalue weighted by atomic mass is 16.6. The number of rotatable bonds is 12. The fourth-order valence-corrected chi connectivity index (χ4v) is 6.84. The summed E-state index contributed by atoms with van der Waals surface area (Å²) in [6.07, 6.45) is 2.98. The van der Waals surface area contributed by atoms with Crippen molar-refractivity contribution in [3.8, 4) is 5.75 Å². The Balaban J connectivity index is 1.66. The maximum absolute atomic E-state index is 13.9. The standard InChI is InChI=1S/C50H82N8O11/c1-46(2,3)65-41(59)53-39(54-42(60)66-47(4,5)6)52-29-20-18-16-17-19-21-31-58(45(63)69-50(13,14)15)40(55-43(61)67-48(7,8)9)56-33-27-37(28-34-56)64-36-25-23-35(24-26-36)38-51-30-22-32-57(38)44(62)68-49(10,11)12/h23-26,37H,16-22,27-34H2,1-15H3,(H2,52,53,54,59,60). The topological polar surface area (TPSA) is 212 Å². The van der Waals surface area contributed by atoms with Crippen molar-refractivity contribution >= 4 is 48.2 Å². The lowest BCUT2D eigenvalue weighted by Crippen LogP contribution is -2.53. The summed E-state index contributed by atoms with van der Waals surface area (Å²) in [4.78, 5) is 83.5. The van der Waals surface area contributed by atoms with Crippen LogP contribution in [0.4, 0.5) is 24.0 Å². The molecule has 0 aromatic heterocycles. The zero-order valence-electron chi connectivity index (χ0n) is 44.2. The van der Waals surface area contributed by atoms with Crippen LogP contribution in [0.3, 0.4) is 0 Å². The average Bonchev–Trinajstić information content (AvgIpc) is 3.18. The first-order valence-corrected chi connectivity index (χ1v) is 24.3. The molecule has 1 saturated heterocycles. The Hall–Kier alpha value is -5.62. The van der Waals surface area contributed by atoms with Gasteiger partial charge >= 0.3 is 30.5 Å². The van der Waals surface area contributed by atoms with E-state index in [9.17, 15) is 24.0 Å². The molecule has 0 bridgehead atoms. The van der Waals surface area contributed by atoms with Crippen LogP contribution in [0.5, 0.6) is 5.75 Å². The second-order valence-corrected chi connectivity index (χ2v) is 22.1. The predicted molar refractivity (Wildman–Crippen MR) is 266 cm³/mol. The number of guanidine groups is 2. The second-order valence-electron chi connectivity index (χ2n) is 22.1. The number of piperidine rings is 1. The summed E-state index contributed by atoms with van der Waals surface area (Å²) in [6, 6.07) is 7.52. The monoisotopic (exact) mass is 971 g/mol. The molecule has 5 amide bonds. The number of carbonyl (C=O) groups is 5. The number of hydrogen-bond donors (Lipinski definition) is 2. The second kappa shape index (κ2) is 25.3. The van der Waals surface area contributed by atoms with Gasteiger partial charge in [-0.2, -0.15) is 0 Å². The highest BCUT2D eigenvalue weighted by Crippen LogP contribution is 2.24. The fraction of sp³-hybridized carbons (Fsp3) is 0.720. The lowest BCUT2D eigenvalue weighted by molar-refractivity contribution is 0.0328. The summed E-state index contributed by atoms with van der Waals surface area (Å²) in [6.45, 7) is 29.2. The van der Waals surface area contributed by atoms with Gasteiger partial charge in [-0.1, -0.05) is 25.7 Å². The maximum Gasteiger partial charge on any atom is 0.437 e. The number of aliphatic imine (C=N–C) groups is 3. The predicted octanol–water partition coefficient (Wildman–Crippen LogP) is 10.2. The molecule has 1 aromatic carbocycles. The minimum Gasteiger partial charge on any atom is -0.490 e. The van der Waals surface area contributed by atoms with Gasteiger partial charge in [0.1, 0.15) is 45.7 Å². The summed E-state index contributed by atoms with van der Waals surface area (Å²) in [5.74, 6) is 1.34. The third-order valence-corrected chi connectivity index (χ3v) is 9.55. The molecule has 0 radical (unpaired) electrons. The number of amides is 5. The van der Waals surface area contributed by atoms with Crippen LogP contribution in [0, 0.1) is 0 Å². The Morgan fingerprint density at radius 2 is 1.16 bits per heavy atom. The van der Waals surface area contributed by atoms with Crippen LogP contribution in [-0.2, 0) is 23.7 Å². The number of carbonyl (C=O) groups excluding carboxylic acids is 5. The normalized spacial score (nSPS) is 15.3. The van der Waals surface area contributed by atoms with Crippen LogP contribution in [0.25, 0.3) is 0 Å². The number of alkyl carbamates (subject to hydrolysis) is 2. The van der Waals surface area contributed by atoms with E-state index >= 15 is 0 Å². The van der Waals surface area contributed by atoms with Crippen LogP contribution < -0.4 is 15.4 Å². The molecule has 0 aliphatic carbocycles. The molecule has 3 rings (SSSR count). The molecule has 19 nitrogen and oxygen atoms in total. The fourth-order valence-electron chi connectivity index (χ4n) is 6.84. The number of nitrogens with one attached hydrogen (secondary N) is 2. The molecule has 2 heterocycles. The average molecular weight is 971 g/mol. The van der Waals surface area contributed by atoms with Crippen molar-refractivity contribution in [2.75, 3.05) is 39.3 Å². The van der Waals surface area contributed by atoms with Crippen LogP contribution in [-0.4, -0.2) is 136 Å². The van der Waals surface area contributed by atoms with Crippen LogP contribution in [0.2, 0.25) is 0 Å². The molecule has 1 aromatic rings. The number of benzene rings is 1. The number of ether oxygens (including phenoxy) is 6. The molecule has 388 valence electrons. The van der Waals surface area contributed by atoms with Crippen molar-refractivity contribution in [3.63, 3.8) is 0 Å². The number of likely N-dealkylation sites (tertiary alicyclic amines) is 1. The molecular weight excluding hydrogens is 889 g/mol. The lowest BCUT2D eigenvalue weighted by Gasteiger charge is -2.38. The minimum absolute atomic E-state index is 0.0624. The summed E-state index contributed by atoms with van der Waals surface area (Å²) in [5.41, 5.74) is -2.96. The molecule has 2 aliphatic heterocycles. The van der Waals surface area contributed by atoms with E-state index in [1.807, 2.05) is 49.9 Å². The van der Waals surface area contributed by atoms with Gasteiger partial charge in [0.05, 0.1) is 0 Å². The zero-order chi connectivity index (χ0) is 51.8. The molecular formula is C50H82N8O11. The highest BCUT2D eigenvalue weighted by molar-refractivity contribution is 6.07. The number of unbranched alkanes of at least 4 members (excludes halogenated alkanes) is 5. The van der Waals surface area contributed by atoms with Crippen molar-refractivity contribution in [2.45, 2.75) is 196 Å². The van der Waals surface area contributed by atoms with Gasteiger partial charge in [0.25, 0.3) is 0 Å². The first kappa shape index (κ1) is 57.7. The number of amidine groups is 1. The third kappa shape index (κ3) is 23.5. The Kier molecular flexibility index (Phi) is 21.2. The van der Waals surface area contributed by atoms with Gasteiger partial charge in [-0.05, 0) is 147 Å². The van der Waals surface area contributed by atoms with E-state index in [4.69, 9.17) is 28.4 Å². The zero-order valence-corrected chi connectivity index (χ0v) is 44.2. The van der Waals surface area contributed by atoms with Crippen molar-refractivity contribution in [1.82, 2.24) is 25.3 Å². The van der Waals surface area contributed by atoms with E-state index in [0.29, 0.717) is 70.0 Å². The summed E-state index contributed by atoms with van der Waals surface area (Å²) < 4.78 is 34.2. The molecule has 0 unspecified atom stereocenters. The molecule has 0 spiro atoms. The summed E-state index contributed by atoms with van der Waals surface area (Å²) in [7, 11) is 0. The van der Waals surface area contributed by atoms with E-state index in [1.165, 1.54) is 4.90 Å². The van der Waals surface area contributed by atoms with Crippen LogP contribution in [0.15, 0.2) is 39.2 Å². The van der Waals surface area contributed by atoms with Crippen LogP contribution >= 0.6 is 0 Å². The molecule has 2 aliphatic rings. The van der Waals surface area contributed by atoms with E-state index in [2.05, 4.69) is 25.6 Å². The van der Waals surface area contributed by atoms with Crippen molar-refractivity contribution in [2.24, 2.45) is 15.0 Å². The minimum atomic E-state index is -0.814. The maximum atomic E-state index is 13.9. The van der Waals surface area contributed by atoms with E-state index in [-0.39, 0.29) is 24.6 Å². The number of hydrogen-bond acceptors (Lipinski definition) is 13. The van der Waals surface area contributed by atoms with Gasteiger partial charge in [-0.25, -0.2) is 28.9 Å². The van der Waals surface area contributed by atoms with Gasteiger partial charge < -0.3 is 33.3 Å². The number of nitrogens with zero attached hydrogens (tertiary/aromatic N) is 6. The molecule has 0 atom stereocenters. The van der Waals surface area contributed by atoms with Gasteiger partial charge in [0.15, 0.2) is 0 Å². The van der Waals surface area contributed by atoms with E-state index in [0.717, 1.165) is 37.7 Å². The van der Waals surface area contributed by atoms with Gasteiger partial charge in [0, 0.05) is 57.7 Å². The Labute approximate surface area is 410 Å². The summed E-state index contributed by atoms with van der Waals surface area (Å²) in [5, 5.41) is 5.00. The largest absolute Gasteiger partial charge is 0.490 e. The van der Waals surface area contributed by atoms with Crippen LogP contribution in [0.1, 0.15) is 167 Å². The Morgan fingerprint density at radius 3 is 1.68 bits per heavy atom. The first-order valence-electron chi connectivity index (χ1n) is 24.3. The van der Waals surface area contributed by atoms with Gasteiger partial charge in [0.2, 0.25) is 11.9 Å². The first-order chi connectivity index (χ1) is 31.9. The summed E-state index contributed by atoms with van der Waals surface area (Å²) >= 11 is 0. The SMILES string of the molecule is CC(C)(C)OC(=O)N=C(N1CCC(Oc2ccc(C3=NCCCN3C(=O)OC(C)(C)C)cc2)CC1)N(CCCCCCCCN=C(NC(=O)OC(C)(C)C)NC(=O)OC(C)(C)C)C(=O)OC(C)(C)C. The molecule has 69 heavy (non-hydrogen) atoms. The molecule has 1 fully saturated rings. The van der Waals surface area contributed by atoms with E-state index in [1.54, 1.807) is 88.0 Å². The van der Waals surface area contributed by atoms with E-state index < -0.39 is 58.5 Å². The Morgan fingerprint density at radius 1 is 0.652 bits per heavy atom. The highest BCUT2D eigenvalue weighted by Gasteiger charge is 2.34. The quantitative estimate of drug-likeness (QED) is 0.0867. The van der Waals surface area contributed by atoms with Crippen molar-refractivity contribution < 1.29 is 52.4 Å². The molecule has 2 N–H and O–H groups in total. The third-order valence-electron chi connectivity index (χ3n) is 9.55.